The molecule has 2 rings (SSSR count). The highest BCUT2D eigenvalue weighted by Gasteiger charge is 2.14. The van der Waals surface area contributed by atoms with E-state index in [0.29, 0.717) is 17.7 Å². The van der Waals surface area contributed by atoms with Crippen LogP contribution in [0.5, 0.6) is 0 Å². The van der Waals surface area contributed by atoms with Crippen molar-refractivity contribution < 1.29 is 18.7 Å². The van der Waals surface area contributed by atoms with Crippen molar-refractivity contribution in [1.29, 1.82) is 0 Å². The third kappa shape index (κ3) is 4.76. The molecule has 3 N–H and O–H groups in total. The minimum Gasteiger partial charge on any atom is -0.386 e. The molecule has 2 amide bonds. The van der Waals surface area contributed by atoms with Gasteiger partial charge in [0.25, 0.3) is 0 Å². The van der Waals surface area contributed by atoms with Crippen molar-refractivity contribution in [2.24, 2.45) is 0 Å². The van der Waals surface area contributed by atoms with Crippen molar-refractivity contribution in [3.63, 3.8) is 0 Å². The van der Waals surface area contributed by atoms with Gasteiger partial charge >= 0.3 is 6.03 Å². The molecule has 0 bridgehead atoms. The Kier molecular flexibility index (Phi) is 5.87. The van der Waals surface area contributed by atoms with E-state index in [9.17, 15) is 18.7 Å². The average Bonchev–Trinajstić information content (AvgIpc) is 2.53. The number of aliphatic hydroxyl groups is 1. The van der Waals surface area contributed by atoms with Crippen LogP contribution in [0, 0.1) is 11.6 Å². The lowest BCUT2D eigenvalue weighted by Crippen LogP contribution is -2.32. The Bertz CT molecular complexity index is 703. The van der Waals surface area contributed by atoms with Crippen LogP contribution in [0.2, 0.25) is 0 Å². The molecule has 2 aromatic carbocycles. The molecule has 0 saturated carbocycles. The first-order valence-corrected chi connectivity index (χ1v) is 7.64. The number of amides is 2. The van der Waals surface area contributed by atoms with Crippen LogP contribution in [-0.4, -0.2) is 17.7 Å². The van der Waals surface area contributed by atoms with Crippen LogP contribution in [0.4, 0.5) is 19.3 Å². The Hall–Kier alpha value is -2.47. The number of rotatable bonds is 5. The van der Waals surface area contributed by atoms with E-state index in [-0.39, 0.29) is 12.1 Å². The van der Waals surface area contributed by atoms with Crippen LogP contribution >= 0.6 is 0 Å². The number of halogens is 2. The summed E-state index contributed by atoms with van der Waals surface area (Å²) in [6.07, 6.45) is -1.26. The topological polar surface area (TPSA) is 61.4 Å². The second-order valence-electron chi connectivity index (χ2n) is 5.79. The van der Waals surface area contributed by atoms with E-state index < -0.39 is 23.8 Å². The summed E-state index contributed by atoms with van der Waals surface area (Å²) < 4.78 is 26.4. The molecule has 24 heavy (non-hydrogen) atoms. The third-order valence-corrected chi connectivity index (χ3v) is 3.61. The van der Waals surface area contributed by atoms with Gasteiger partial charge in [0.05, 0.1) is 6.10 Å². The molecule has 6 heteroatoms. The largest absolute Gasteiger partial charge is 0.386 e. The smallest absolute Gasteiger partial charge is 0.319 e. The van der Waals surface area contributed by atoms with Crippen molar-refractivity contribution in [3.8, 4) is 0 Å². The summed E-state index contributed by atoms with van der Waals surface area (Å²) in [4.78, 5) is 11.8. The number of carbonyl (C=O) groups excluding carboxylic acids is 1. The molecule has 1 unspecified atom stereocenters. The number of hydrogen-bond donors (Lipinski definition) is 3. The van der Waals surface area contributed by atoms with Crippen LogP contribution in [-0.2, 0) is 0 Å². The minimum atomic E-state index is -1.26. The minimum absolute atomic E-state index is 0.0713. The highest BCUT2D eigenvalue weighted by atomic mass is 19.1. The van der Waals surface area contributed by atoms with Crippen molar-refractivity contribution in [2.45, 2.75) is 25.9 Å². The molecule has 0 heterocycles. The molecule has 0 aliphatic carbocycles. The quantitative estimate of drug-likeness (QED) is 0.775. The first-order chi connectivity index (χ1) is 11.4. The van der Waals surface area contributed by atoms with Gasteiger partial charge in [-0.15, -0.1) is 0 Å². The molecule has 0 spiro atoms. The Balaban J connectivity index is 1.88. The Morgan fingerprint density at radius 1 is 1.12 bits per heavy atom. The second kappa shape index (κ2) is 7.88. The van der Waals surface area contributed by atoms with Crippen molar-refractivity contribution in [2.75, 3.05) is 11.9 Å². The molecule has 128 valence electrons. The van der Waals surface area contributed by atoms with Crippen LogP contribution < -0.4 is 10.6 Å². The molecule has 0 aromatic heterocycles. The van der Waals surface area contributed by atoms with Gasteiger partial charge in [-0.05, 0) is 29.7 Å². The zero-order valence-corrected chi connectivity index (χ0v) is 13.5. The highest BCUT2D eigenvalue weighted by Crippen LogP contribution is 2.18. The molecule has 0 fully saturated rings. The summed E-state index contributed by atoms with van der Waals surface area (Å²) in [5, 5.41) is 15.0. The molecule has 4 nitrogen and oxygen atoms in total. The molecular weight excluding hydrogens is 314 g/mol. The highest BCUT2D eigenvalue weighted by molar-refractivity contribution is 5.89. The third-order valence-electron chi connectivity index (χ3n) is 3.61. The fraction of sp³-hybridized carbons (Fsp3) is 0.278. The predicted octanol–water partition coefficient (Wildman–Crippen LogP) is 3.94. The summed E-state index contributed by atoms with van der Waals surface area (Å²) in [5.41, 5.74) is 1.69. The van der Waals surface area contributed by atoms with Crippen LogP contribution in [0.1, 0.15) is 37.0 Å². The maximum atomic E-state index is 13.5. The van der Waals surface area contributed by atoms with E-state index in [4.69, 9.17) is 0 Å². The van der Waals surface area contributed by atoms with E-state index in [2.05, 4.69) is 24.5 Å². The number of nitrogens with one attached hydrogen (secondary N) is 2. The van der Waals surface area contributed by atoms with Gasteiger partial charge in [0.2, 0.25) is 0 Å². The van der Waals surface area contributed by atoms with E-state index in [1.54, 1.807) is 12.1 Å². The van der Waals surface area contributed by atoms with Crippen molar-refractivity contribution >= 4 is 11.7 Å². The molecule has 0 aliphatic rings. The number of hydrogen-bond acceptors (Lipinski definition) is 2. The maximum Gasteiger partial charge on any atom is 0.319 e. The van der Waals surface area contributed by atoms with E-state index in [1.165, 1.54) is 0 Å². The van der Waals surface area contributed by atoms with Gasteiger partial charge in [0.15, 0.2) is 0 Å². The van der Waals surface area contributed by atoms with Gasteiger partial charge in [-0.25, -0.2) is 13.6 Å². The zero-order valence-electron chi connectivity index (χ0n) is 13.5. The average molecular weight is 334 g/mol. The normalized spacial score (nSPS) is 12.1. The first-order valence-electron chi connectivity index (χ1n) is 7.64. The Morgan fingerprint density at radius 3 is 2.38 bits per heavy atom. The van der Waals surface area contributed by atoms with Gasteiger partial charge in [-0.2, -0.15) is 0 Å². The summed E-state index contributed by atoms with van der Waals surface area (Å²) in [5.74, 6) is -1.18. The van der Waals surface area contributed by atoms with Crippen LogP contribution in [0.3, 0.4) is 0 Å². The fourth-order valence-electron chi connectivity index (χ4n) is 2.20. The number of benzene rings is 2. The lowest BCUT2D eigenvalue weighted by Gasteiger charge is -2.14. The van der Waals surface area contributed by atoms with Gasteiger partial charge in [-0.3, -0.25) is 0 Å². The monoisotopic (exact) mass is 334 g/mol. The molecule has 1 atom stereocenters. The molecule has 0 aliphatic heterocycles. The number of urea groups is 1. The number of carbonyl (C=O) groups is 1. The van der Waals surface area contributed by atoms with Gasteiger partial charge in [0.1, 0.15) is 11.6 Å². The van der Waals surface area contributed by atoms with Crippen LogP contribution in [0.25, 0.3) is 0 Å². The second-order valence-corrected chi connectivity index (χ2v) is 5.79. The summed E-state index contributed by atoms with van der Waals surface area (Å²) in [7, 11) is 0. The SMILES string of the molecule is CC(C)c1ccc(NC(=O)NCC(O)c2ccc(F)cc2F)cc1. The summed E-state index contributed by atoms with van der Waals surface area (Å²) in [6, 6.07) is 9.78. The predicted molar refractivity (Wildman–Crippen MR) is 88.9 cm³/mol. The lowest BCUT2D eigenvalue weighted by molar-refractivity contribution is 0.170. The summed E-state index contributed by atoms with van der Waals surface area (Å²) >= 11 is 0. The summed E-state index contributed by atoms with van der Waals surface area (Å²) in [6.45, 7) is 3.95. The Labute approximate surface area is 139 Å². The van der Waals surface area contributed by atoms with Crippen molar-refractivity contribution in [1.82, 2.24) is 5.32 Å². The fourth-order valence-corrected chi connectivity index (χ4v) is 2.20. The number of aliphatic hydroxyl groups excluding tert-OH is 1. The van der Waals surface area contributed by atoms with Gasteiger partial charge < -0.3 is 15.7 Å². The zero-order chi connectivity index (χ0) is 17.7. The van der Waals surface area contributed by atoms with Crippen molar-refractivity contribution in [3.05, 3.63) is 65.2 Å². The molecular formula is C18H20F2N2O2. The van der Waals surface area contributed by atoms with E-state index in [1.807, 2.05) is 12.1 Å². The standard InChI is InChI=1S/C18H20F2N2O2/c1-11(2)12-3-6-14(7-4-12)22-18(24)21-10-17(23)15-8-5-13(19)9-16(15)20/h3-9,11,17,23H,10H2,1-2H3,(H2,21,22,24). The molecule has 2 aromatic rings. The molecule has 0 saturated heterocycles. The number of anilines is 1. The molecule has 0 radical (unpaired) electrons. The van der Waals surface area contributed by atoms with E-state index >= 15 is 0 Å². The lowest BCUT2D eigenvalue weighted by atomic mass is 10.0. The van der Waals surface area contributed by atoms with E-state index in [0.717, 1.165) is 17.7 Å². The van der Waals surface area contributed by atoms with Gasteiger partial charge in [0, 0.05) is 23.9 Å². The van der Waals surface area contributed by atoms with Crippen LogP contribution in [0.15, 0.2) is 42.5 Å². The first kappa shape index (κ1) is 17.9. The van der Waals surface area contributed by atoms with Gasteiger partial charge in [-0.1, -0.05) is 32.0 Å². The maximum absolute atomic E-state index is 13.5. The Morgan fingerprint density at radius 2 is 1.79 bits per heavy atom.